The van der Waals surface area contributed by atoms with Crippen LogP contribution in [0.3, 0.4) is 0 Å². The molecule has 0 aromatic carbocycles. The van der Waals surface area contributed by atoms with Gasteiger partial charge in [-0.2, -0.15) is 0 Å². The molecule has 0 saturated carbocycles. The molecule has 0 aromatic rings. The van der Waals surface area contributed by atoms with Gasteiger partial charge in [-0.1, -0.05) is 271 Å². The van der Waals surface area contributed by atoms with Crippen LogP contribution in [0, 0.1) is 0 Å². The minimum atomic E-state index is -2.01. The van der Waals surface area contributed by atoms with Crippen LogP contribution in [0.2, 0.25) is 0 Å². The summed E-state index contributed by atoms with van der Waals surface area (Å²) in [7, 11) is 0. The zero-order chi connectivity index (χ0) is 37.5. The Kier molecular flexibility index (Phi) is 49.8. The summed E-state index contributed by atoms with van der Waals surface area (Å²) in [5, 5.41) is 0. The van der Waals surface area contributed by atoms with Crippen LogP contribution < -0.4 is 0 Å². The van der Waals surface area contributed by atoms with E-state index >= 15 is 0 Å². The third-order valence-corrected chi connectivity index (χ3v) is 12.8. The van der Waals surface area contributed by atoms with E-state index in [9.17, 15) is 0 Å². The second-order valence-electron chi connectivity index (χ2n) is 16.7. The van der Waals surface area contributed by atoms with Crippen LogP contribution in [0.1, 0.15) is 290 Å². The summed E-state index contributed by atoms with van der Waals surface area (Å²) in [6.45, 7) is 9.39. The smallest absolute Gasteiger partial charge is 0.454 e. The van der Waals surface area contributed by atoms with Crippen LogP contribution >= 0.6 is 0 Å². The molecule has 0 bridgehead atoms. The highest BCUT2D eigenvalue weighted by atomic mass is 27.3. The molecule has 0 rings (SSSR count). The van der Waals surface area contributed by atoms with Gasteiger partial charge in [0.1, 0.15) is 0 Å². The molecule has 0 aliphatic rings. The summed E-state index contributed by atoms with van der Waals surface area (Å²) in [6, 6.07) is 0. The van der Waals surface area contributed by atoms with E-state index in [1.54, 1.807) is 0 Å². The van der Waals surface area contributed by atoms with Crippen LogP contribution in [0.25, 0.3) is 0 Å². The molecular weight excluding hydrogens is 652 g/mol. The molecule has 3 nitrogen and oxygen atoms in total. The molecule has 0 aliphatic carbocycles. The van der Waals surface area contributed by atoms with Crippen LogP contribution in [0.4, 0.5) is 0 Å². The van der Waals surface area contributed by atoms with Crippen LogP contribution in [-0.4, -0.2) is 35.0 Å². The van der Waals surface area contributed by atoms with Crippen molar-refractivity contribution in [1.29, 1.82) is 0 Å². The van der Waals surface area contributed by atoms with Crippen molar-refractivity contribution in [3.8, 4) is 0 Å². The summed E-state index contributed by atoms with van der Waals surface area (Å²) in [5.41, 5.74) is 0. The third-order valence-electron chi connectivity index (χ3n) is 11.3. The molecule has 4 heteroatoms. The second-order valence-corrected chi connectivity index (χ2v) is 18.3. The van der Waals surface area contributed by atoms with Crippen molar-refractivity contribution < 1.29 is 11.4 Å². The van der Waals surface area contributed by atoms with E-state index in [1.165, 1.54) is 250 Å². The number of unbranched alkanes of at least 4 members (excludes halogenated alkanes) is 39. The minimum Gasteiger partial charge on any atom is -0.454 e. The van der Waals surface area contributed by atoms with Gasteiger partial charge in [-0.25, -0.2) is 0 Å². The number of hydrogen-bond acceptors (Lipinski definition) is 3. The van der Waals surface area contributed by atoms with E-state index in [2.05, 4.69) is 20.8 Å². The summed E-state index contributed by atoms with van der Waals surface area (Å²) in [6.07, 6.45) is 58.5. The lowest BCUT2D eigenvalue weighted by atomic mass is 10.0. The first-order valence-corrected chi connectivity index (χ1v) is 26.1. The van der Waals surface area contributed by atoms with Crippen LogP contribution in [0.5, 0.6) is 0 Å². The first-order valence-electron chi connectivity index (χ1n) is 24.7. The normalized spacial score (nSPS) is 11.6. The molecule has 0 unspecified atom stereocenters. The average Bonchev–Trinajstić information content (AvgIpc) is 3.15. The quantitative estimate of drug-likeness (QED) is 0.0458. The lowest BCUT2D eigenvalue weighted by Crippen LogP contribution is -2.28. The second kappa shape index (κ2) is 49.4. The van der Waals surface area contributed by atoms with Crippen molar-refractivity contribution in [2.75, 3.05) is 19.8 Å². The highest BCUT2D eigenvalue weighted by Gasteiger charge is 2.30. The molecule has 0 spiro atoms. The summed E-state index contributed by atoms with van der Waals surface area (Å²) in [5.74, 6) is 0. The van der Waals surface area contributed by atoms with Gasteiger partial charge in [0.15, 0.2) is 0 Å². The monoisotopic (exact) mass is 751 g/mol. The lowest BCUT2D eigenvalue weighted by molar-refractivity contribution is 0.0885. The molecule has 0 fully saturated rings. The largest absolute Gasteiger partial charge is 0.905 e. The Bertz CT molecular complexity index is 521. The maximum absolute atomic E-state index is 6.28. The van der Waals surface area contributed by atoms with E-state index < -0.39 is 15.1 Å². The van der Waals surface area contributed by atoms with Crippen LogP contribution in [-0.2, 0) is 11.4 Å². The van der Waals surface area contributed by atoms with Gasteiger partial charge in [0, 0.05) is 19.8 Å². The van der Waals surface area contributed by atoms with Crippen molar-refractivity contribution in [2.24, 2.45) is 0 Å². The summed E-state index contributed by atoms with van der Waals surface area (Å²) >= 11 is -2.01. The van der Waals surface area contributed by atoms with E-state index in [1.807, 2.05) is 0 Å². The van der Waals surface area contributed by atoms with Gasteiger partial charge in [0.25, 0.3) is 0 Å². The van der Waals surface area contributed by atoms with Crippen molar-refractivity contribution in [3.63, 3.8) is 0 Å². The van der Waals surface area contributed by atoms with E-state index in [0.717, 1.165) is 39.1 Å². The topological polar surface area (TPSA) is 27.7 Å². The van der Waals surface area contributed by atoms with Crippen molar-refractivity contribution in [1.82, 2.24) is 0 Å². The molecule has 0 heterocycles. The van der Waals surface area contributed by atoms with Gasteiger partial charge in [0.2, 0.25) is 0 Å². The predicted molar refractivity (Wildman–Crippen MR) is 235 cm³/mol. The van der Waals surface area contributed by atoms with Gasteiger partial charge in [-0.3, -0.25) is 0 Å². The third kappa shape index (κ3) is 46.6. The van der Waals surface area contributed by atoms with Crippen LogP contribution in [0.15, 0.2) is 0 Å². The fourth-order valence-corrected chi connectivity index (χ4v) is 8.94. The van der Waals surface area contributed by atoms with E-state index in [0.29, 0.717) is 0 Å². The minimum absolute atomic E-state index is 0.826. The number of hydrogen-bond donors (Lipinski definition) is 0. The maximum Gasteiger partial charge on any atom is 0.905 e. The Hall–Kier alpha value is 0.412. The molecule has 312 valence electrons. The van der Waals surface area contributed by atoms with Crippen molar-refractivity contribution in [3.05, 3.63) is 0 Å². The zero-order valence-corrected chi connectivity index (χ0v) is 37.8. The Morgan fingerprint density at radius 1 is 0.192 bits per heavy atom. The van der Waals surface area contributed by atoms with Gasteiger partial charge < -0.3 is 11.4 Å². The zero-order valence-electron chi connectivity index (χ0n) is 36.6. The molecule has 0 aliphatic heterocycles. The standard InChI is InChI=1S/3C16H33O.Al/c3*1-2-3-4-5-6-7-8-9-10-11-12-13-14-15-16-17;/h3*2-16H2,1H3;/q3*-1;+3. The van der Waals surface area contributed by atoms with Crippen molar-refractivity contribution in [2.45, 2.75) is 290 Å². The molecule has 0 N–H and O–H groups in total. The van der Waals surface area contributed by atoms with Gasteiger partial charge >= 0.3 is 15.1 Å². The average molecular weight is 751 g/mol. The lowest BCUT2D eigenvalue weighted by Gasteiger charge is -2.14. The van der Waals surface area contributed by atoms with E-state index in [4.69, 9.17) is 11.4 Å². The Balaban J connectivity index is 3.94. The molecule has 0 aromatic heterocycles. The maximum atomic E-state index is 6.28. The van der Waals surface area contributed by atoms with Gasteiger partial charge in [-0.15, -0.1) is 0 Å². The Labute approximate surface area is 335 Å². The number of rotatable bonds is 48. The fraction of sp³-hybridized carbons (Fsp3) is 1.00. The first-order chi connectivity index (χ1) is 25.8. The molecule has 52 heavy (non-hydrogen) atoms. The van der Waals surface area contributed by atoms with E-state index in [-0.39, 0.29) is 0 Å². The predicted octanol–water partition coefficient (Wildman–Crippen LogP) is 17.5. The molecule has 0 amide bonds. The molecular formula is C48H99AlO3. The molecule has 0 saturated heterocycles. The highest BCUT2D eigenvalue weighted by molar-refractivity contribution is 6.36. The molecule has 0 atom stereocenters. The van der Waals surface area contributed by atoms with Gasteiger partial charge in [-0.05, 0) is 19.3 Å². The van der Waals surface area contributed by atoms with Crippen molar-refractivity contribution >= 4 is 15.1 Å². The fourth-order valence-electron chi connectivity index (χ4n) is 7.57. The molecule has 0 radical (unpaired) electrons. The first kappa shape index (κ1) is 52.4. The Morgan fingerprint density at radius 2 is 0.327 bits per heavy atom. The SMILES string of the molecule is CCCCCCCCCCCCCCCC[O][Al]([O]CCCCCCCCCCCCCCCC)[O]CCCCCCCCCCCCCCCC. The van der Waals surface area contributed by atoms with Gasteiger partial charge in [0.05, 0.1) is 0 Å². The summed E-state index contributed by atoms with van der Waals surface area (Å²) < 4.78 is 18.8. The summed E-state index contributed by atoms with van der Waals surface area (Å²) in [4.78, 5) is 0. The highest BCUT2D eigenvalue weighted by Crippen LogP contribution is 2.16. The Morgan fingerprint density at radius 3 is 0.481 bits per heavy atom.